The molecule has 5 fully saturated rings. The zero-order valence-corrected chi connectivity index (χ0v) is 20.4. The fourth-order valence-electron chi connectivity index (χ4n) is 10.0. The highest BCUT2D eigenvalue weighted by atomic mass is 16.3. The van der Waals surface area contributed by atoms with Gasteiger partial charge in [-0.05, 0) is 122 Å². The van der Waals surface area contributed by atoms with Crippen molar-refractivity contribution in [3.63, 3.8) is 0 Å². The van der Waals surface area contributed by atoms with Crippen LogP contribution in [0.5, 0.6) is 0 Å². The van der Waals surface area contributed by atoms with Crippen molar-refractivity contribution in [2.45, 2.75) is 104 Å². The van der Waals surface area contributed by atoms with Crippen LogP contribution in [-0.4, -0.2) is 42.1 Å². The van der Waals surface area contributed by atoms with E-state index in [1.807, 2.05) is 6.92 Å². The number of hydrogen-bond donors (Lipinski definition) is 2. The quantitative estimate of drug-likeness (QED) is 0.736. The highest BCUT2D eigenvalue weighted by Gasteiger charge is 2.68. The third kappa shape index (κ3) is 2.93. The Morgan fingerprint density at radius 1 is 0.969 bits per heavy atom. The molecule has 1 aromatic heterocycles. The summed E-state index contributed by atoms with van der Waals surface area (Å²) >= 11 is 0. The first-order chi connectivity index (χ1) is 15.2. The van der Waals surface area contributed by atoms with Gasteiger partial charge < -0.3 is 10.2 Å². The molecule has 0 aliphatic heterocycles. The molecular weight excluding hydrogens is 400 g/mol. The van der Waals surface area contributed by atoms with Gasteiger partial charge in [-0.3, -0.25) is 0 Å². The van der Waals surface area contributed by atoms with Gasteiger partial charge in [-0.1, -0.05) is 20.8 Å². The summed E-state index contributed by atoms with van der Waals surface area (Å²) in [5, 5.41) is 34.2. The molecule has 0 aromatic carbocycles. The van der Waals surface area contributed by atoms with Crippen molar-refractivity contribution in [3.05, 3.63) is 5.82 Å². The zero-order valence-electron chi connectivity index (χ0n) is 20.4. The molecule has 0 amide bonds. The van der Waals surface area contributed by atoms with Crippen molar-refractivity contribution in [1.29, 1.82) is 0 Å². The van der Waals surface area contributed by atoms with Gasteiger partial charge in [0, 0.05) is 0 Å². The molecule has 5 saturated carbocycles. The van der Waals surface area contributed by atoms with Gasteiger partial charge in [0.15, 0.2) is 5.82 Å². The fourth-order valence-corrected chi connectivity index (χ4v) is 10.0. The molecule has 0 radical (unpaired) electrons. The van der Waals surface area contributed by atoms with Gasteiger partial charge in [0.25, 0.3) is 0 Å². The first-order valence-electron chi connectivity index (χ1n) is 13.3. The summed E-state index contributed by atoms with van der Waals surface area (Å²) in [6, 6.07) is 0. The zero-order chi connectivity index (χ0) is 22.5. The minimum Gasteiger partial charge on any atom is -0.391 e. The first-order valence-corrected chi connectivity index (χ1v) is 13.3. The summed E-state index contributed by atoms with van der Waals surface area (Å²) < 4.78 is 0. The molecule has 0 saturated heterocycles. The van der Waals surface area contributed by atoms with E-state index in [0.717, 1.165) is 36.5 Å². The van der Waals surface area contributed by atoms with E-state index in [4.69, 9.17) is 0 Å². The molecule has 6 rings (SSSR count). The number of tetrazole rings is 1. The molecule has 11 atom stereocenters. The Hall–Kier alpha value is -1.01. The van der Waals surface area contributed by atoms with E-state index < -0.39 is 6.10 Å². The standard InChI is InChI=1S/C26H42N4O2/c1-15(23(31)14-30-28-16(2)27-29-30)18-7-8-19-17-5-6-21-22-13-26(22,32)12-11-25(21,4)20(17)9-10-24(18,19)3/h15,17-23,31-32H,5-14H2,1-4H3/t15-,17-,18+,19-,20-,21+,22?,23+,24+,25+,26-/m0/s1. The van der Waals surface area contributed by atoms with Crippen molar-refractivity contribution in [2.75, 3.05) is 0 Å². The van der Waals surface area contributed by atoms with Crippen LogP contribution in [0.4, 0.5) is 0 Å². The maximum Gasteiger partial charge on any atom is 0.171 e. The van der Waals surface area contributed by atoms with Crippen molar-refractivity contribution in [1.82, 2.24) is 20.2 Å². The average Bonchev–Trinajstić information content (AvgIpc) is 3.07. The number of rotatable bonds is 4. The lowest BCUT2D eigenvalue weighted by Gasteiger charge is -2.61. The summed E-state index contributed by atoms with van der Waals surface area (Å²) in [6.45, 7) is 9.69. The van der Waals surface area contributed by atoms with Gasteiger partial charge in [-0.25, -0.2) is 0 Å². The van der Waals surface area contributed by atoms with E-state index in [1.54, 1.807) is 4.80 Å². The number of nitrogens with zero attached hydrogens (tertiary/aromatic N) is 4. The highest BCUT2D eigenvalue weighted by molar-refractivity contribution is 5.18. The molecule has 0 spiro atoms. The molecule has 32 heavy (non-hydrogen) atoms. The van der Waals surface area contributed by atoms with E-state index in [-0.39, 0.29) is 11.5 Å². The van der Waals surface area contributed by atoms with Crippen molar-refractivity contribution in [3.8, 4) is 0 Å². The third-order valence-corrected chi connectivity index (χ3v) is 11.8. The third-order valence-electron chi connectivity index (χ3n) is 11.8. The molecule has 2 N–H and O–H groups in total. The topological polar surface area (TPSA) is 84.1 Å². The molecule has 5 aliphatic carbocycles. The molecule has 1 unspecified atom stereocenters. The normalized spacial score (nSPS) is 51.2. The molecule has 6 nitrogen and oxygen atoms in total. The molecule has 1 aromatic rings. The second kappa shape index (κ2) is 7.00. The largest absolute Gasteiger partial charge is 0.391 e. The predicted octanol–water partition coefficient (Wildman–Crippen LogP) is 4.00. The number of aryl methyl sites for hydroxylation is 1. The van der Waals surface area contributed by atoms with Crippen LogP contribution in [-0.2, 0) is 6.54 Å². The second-order valence-electron chi connectivity index (χ2n) is 13.0. The van der Waals surface area contributed by atoms with Gasteiger partial charge in [-0.15, -0.1) is 10.2 Å². The number of aliphatic hydroxyl groups excluding tert-OH is 1. The molecule has 5 aliphatic rings. The van der Waals surface area contributed by atoms with Gasteiger partial charge in [0.1, 0.15) is 0 Å². The van der Waals surface area contributed by atoms with Crippen molar-refractivity contribution < 1.29 is 10.2 Å². The van der Waals surface area contributed by atoms with Gasteiger partial charge in [0.05, 0.1) is 18.2 Å². The summed E-state index contributed by atoms with van der Waals surface area (Å²) in [7, 11) is 0. The molecular formula is C26H42N4O2. The Balaban J connectivity index is 1.19. The van der Waals surface area contributed by atoms with E-state index in [9.17, 15) is 10.2 Å². The molecule has 1 heterocycles. The predicted molar refractivity (Wildman–Crippen MR) is 121 cm³/mol. The summed E-state index contributed by atoms with van der Waals surface area (Å²) in [4.78, 5) is 1.56. The lowest BCUT2D eigenvalue weighted by atomic mass is 9.44. The number of fused-ring (bicyclic) bond motifs is 7. The first kappa shape index (κ1) is 21.5. The van der Waals surface area contributed by atoms with Gasteiger partial charge >= 0.3 is 0 Å². The van der Waals surface area contributed by atoms with E-state index in [1.165, 1.54) is 44.9 Å². The number of aromatic nitrogens is 4. The Morgan fingerprint density at radius 3 is 2.47 bits per heavy atom. The van der Waals surface area contributed by atoms with Crippen LogP contribution in [0.3, 0.4) is 0 Å². The molecule has 178 valence electrons. The molecule has 6 heteroatoms. The smallest absolute Gasteiger partial charge is 0.171 e. The van der Waals surface area contributed by atoms with Gasteiger partial charge in [0.2, 0.25) is 0 Å². The SMILES string of the molecule is Cc1nnn(C[C@@H](O)[C@@H](C)[C@H]2CC[C@H]3[C@@H]4CC[C@@H]5C6C[C@@]6(O)CC[C@]5(C)[C@H]4CC[C@]23C)n1. The fraction of sp³-hybridized carbons (Fsp3) is 0.962. The van der Waals surface area contributed by atoms with Crippen LogP contribution in [0.1, 0.15) is 84.4 Å². The minimum atomic E-state index is -0.430. The highest BCUT2D eigenvalue weighted by Crippen LogP contribution is 2.73. The van der Waals surface area contributed by atoms with E-state index in [2.05, 4.69) is 36.2 Å². The summed E-state index contributed by atoms with van der Waals surface area (Å²) in [5.41, 5.74) is 0.491. The summed E-state index contributed by atoms with van der Waals surface area (Å²) in [5.74, 6) is 5.30. The average molecular weight is 443 g/mol. The second-order valence-corrected chi connectivity index (χ2v) is 13.0. The van der Waals surface area contributed by atoms with Gasteiger partial charge in [-0.2, -0.15) is 4.80 Å². The van der Waals surface area contributed by atoms with Crippen LogP contribution < -0.4 is 0 Å². The summed E-state index contributed by atoms with van der Waals surface area (Å²) in [6.07, 6.45) is 10.8. The van der Waals surface area contributed by atoms with Crippen LogP contribution in [0, 0.1) is 59.2 Å². The van der Waals surface area contributed by atoms with Crippen molar-refractivity contribution in [2.24, 2.45) is 52.3 Å². The maximum absolute atomic E-state index is 11.1. The van der Waals surface area contributed by atoms with Crippen LogP contribution >= 0.6 is 0 Å². The lowest BCUT2D eigenvalue weighted by molar-refractivity contribution is -0.134. The Kier molecular flexibility index (Phi) is 4.71. The number of hydrogen-bond acceptors (Lipinski definition) is 5. The Morgan fingerprint density at radius 2 is 1.72 bits per heavy atom. The van der Waals surface area contributed by atoms with Crippen LogP contribution in [0.15, 0.2) is 0 Å². The maximum atomic E-state index is 11.1. The minimum absolute atomic E-state index is 0.246. The van der Waals surface area contributed by atoms with E-state index in [0.29, 0.717) is 35.0 Å². The monoisotopic (exact) mass is 442 g/mol. The Labute approximate surface area is 192 Å². The van der Waals surface area contributed by atoms with E-state index >= 15 is 0 Å². The molecule has 0 bridgehead atoms. The number of aliphatic hydroxyl groups is 2. The Bertz CT molecular complexity index is 889. The lowest BCUT2D eigenvalue weighted by Crippen LogP contribution is -2.55. The van der Waals surface area contributed by atoms with Crippen LogP contribution in [0.2, 0.25) is 0 Å². The van der Waals surface area contributed by atoms with Crippen molar-refractivity contribution >= 4 is 0 Å². The van der Waals surface area contributed by atoms with Crippen LogP contribution in [0.25, 0.3) is 0 Å².